The average Bonchev–Trinajstić information content (AvgIpc) is 3.61. The number of methoxy groups -OCH3 is 2. The van der Waals surface area contributed by atoms with Crippen molar-refractivity contribution in [3.8, 4) is 22.8 Å². The zero-order valence-corrected chi connectivity index (χ0v) is 21.0. The molecule has 9 nitrogen and oxygen atoms in total. The van der Waals surface area contributed by atoms with E-state index < -0.39 is 0 Å². The maximum absolute atomic E-state index is 12.0. The summed E-state index contributed by atoms with van der Waals surface area (Å²) in [5.41, 5.74) is 5.16. The molecule has 0 bridgehead atoms. The van der Waals surface area contributed by atoms with Crippen molar-refractivity contribution in [1.82, 2.24) is 24.6 Å². The molecule has 36 heavy (non-hydrogen) atoms. The van der Waals surface area contributed by atoms with Crippen LogP contribution in [0.1, 0.15) is 12.8 Å². The minimum Gasteiger partial charge on any atom is -0.497 e. The summed E-state index contributed by atoms with van der Waals surface area (Å²) in [7, 11) is 6.78. The van der Waals surface area contributed by atoms with Crippen LogP contribution < -0.4 is 14.4 Å². The monoisotopic (exact) mass is 486 g/mol. The van der Waals surface area contributed by atoms with Crippen LogP contribution >= 0.6 is 0 Å². The fourth-order valence-electron chi connectivity index (χ4n) is 4.04. The van der Waals surface area contributed by atoms with Gasteiger partial charge in [0.15, 0.2) is 0 Å². The molecule has 0 atom stereocenters. The predicted molar refractivity (Wildman–Crippen MR) is 139 cm³/mol. The molecule has 0 spiro atoms. The molecule has 0 unspecified atom stereocenters. The van der Waals surface area contributed by atoms with Crippen LogP contribution in [0.5, 0.6) is 11.5 Å². The highest BCUT2D eigenvalue weighted by molar-refractivity contribution is 5.83. The van der Waals surface area contributed by atoms with E-state index in [1.807, 2.05) is 30.5 Å². The summed E-state index contributed by atoms with van der Waals surface area (Å²) >= 11 is 0. The number of amides is 1. The van der Waals surface area contributed by atoms with E-state index in [2.05, 4.69) is 27.1 Å². The Morgan fingerprint density at radius 3 is 2.42 bits per heavy atom. The second-order valence-corrected chi connectivity index (χ2v) is 9.27. The van der Waals surface area contributed by atoms with Gasteiger partial charge in [-0.25, -0.2) is 4.98 Å². The van der Waals surface area contributed by atoms with Crippen LogP contribution in [0, 0.1) is 5.92 Å². The lowest BCUT2D eigenvalue weighted by molar-refractivity contribution is -0.129. The van der Waals surface area contributed by atoms with Crippen molar-refractivity contribution in [1.29, 1.82) is 0 Å². The maximum atomic E-state index is 12.0. The van der Waals surface area contributed by atoms with Gasteiger partial charge in [-0.3, -0.25) is 14.5 Å². The summed E-state index contributed by atoms with van der Waals surface area (Å²) < 4.78 is 12.7. The topological polar surface area (TPSA) is 85.6 Å². The number of hydrogen-bond acceptors (Lipinski definition) is 7. The lowest BCUT2D eigenvalue weighted by Crippen LogP contribution is -2.26. The van der Waals surface area contributed by atoms with E-state index in [0.717, 1.165) is 46.0 Å². The zero-order valence-electron chi connectivity index (χ0n) is 21.0. The van der Waals surface area contributed by atoms with Gasteiger partial charge < -0.3 is 19.3 Å². The van der Waals surface area contributed by atoms with Crippen molar-refractivity contribution >= 4 is 28.3 Å². The van der Waals surface area contributed by atoms with Gasteiger partial charge >= 0.3 is 0 Å². The molecule has 1 amide bonds. The van der Waals surface area contributed by atoms with Crippen LogP contribution in [-0.4, -0.2) is 65.4 Å². The molecule has 5 rings (SSSR count). The molecule has 0 N–H and O–H groups in total. The highest BCUT2D eigenvalue weighted by Crippen LogP contribution is 2.38. The number of anilines is 2. The Balaban J connectivity index is 1.49. The fourth-order valence-corrected chi connectivity index (χ4v) is 4.04. The van der Waals surface area contributed by atoms with Crippen molar-refractivity contribution in [2.45, 2.75) is 19.4 Å². The molecule has 0 radical (unpaired) electrons. The van der Waals surface area contributed by atoms with Crippen LogP contribution in [0.25, 0.3) is 22.3 Å². The van der Waals surface area contributed by atoms with Gasteiger partial charge in [0.1, 0.15) is 18.0 Å². The van der Waals surface area contributed by atoms with Gasteiger partial charge in [0, 0.05) is 62.0 Å². The first-order chi connectivity index (χ1) is 17.4. The molecule has 0 aliphatic heterocycles. The molecule has 1 fully saturated rings. The Kier molecular flexibility index (Phi) is 6.45. The molecule has 0 saturated heterocycles. The van der Waals surface area contributed by atoms with E-state index >= 15 is 0 Å². The summed E-state index contributed by atoms with van der Waals surface area (Å²) in [6, 6.07) is 12.1. The fraction of sp³-hybridized carbons (Fsp3) is 0.333. The van der Waals surface area contributed by atoms with E-state index in [9.17, 15) is 4.79 Å². The number of benzene rings is 2. The number of hydrogen-bond donors (Lipinski definition) is 0. The van der Waals surface area contributed by atoms with Gasteiger partial charge in [-0.15, -0.1) is 0 Å². The molecule has 2 heterocycles. The summed E-state index contributed by atoms with van der Waals surface area (Å²) in [6.07, 6.45) is 7.74. The third-order valence-corrected chi connectivity index (χ3v) is 6.35. The smallest absolute Gasteiger partial charge is 0.243 e. The number of carbonyl (C=O) groups is 1. The molecule has 2 aromatic heterocycles. The molecule has 1 aliphatic carbocycles. The number of rotatable bonds is 9. The second kappa shape index (κ2) is 9.85. The summed E-state index contributed by atoms with van der Waals surface area (Å²) in [6.45, 7) is 1.08. The summed E-state index contributed by atoms with van der Waals surface area (Å²) in [4.78, 5) is 25.4. The third kappa shape index (κ3) is 5.10. The van der Waals surface area contributed by atoms with E-state index in [0.29, 0.717) is 11.6 Å². The first-order valence-corrected chi connectivity index (χ1v) is 11.9. The Morgan fingerprint density at radius 1 is 1.00 bits per heavy atom. The highest BCUT2D eigenvalue weighted by Gasteiger charge is 2.26. The zero-order chi connectivity index (χ0) is 25.2. The van der Waals surface area contributed by atoms with Gasteiger partial charge in [-0.05, 0) is 37.0 Å². The van der Waals surface area contributed by atoms with Crippen molar-refractivity contribution in [2.75, 3.05) is 39.8 Å². The maximum Gasteiger partial charge on any atom is 0.243 e. The molecule has 4 aromatic rings. The molecule has 1 aliphatic rings. The average molecular weight is 487 g/mol. The molecular weight excluding hydrogens is 456 g/mol. The molecule has 2 aromatic carbocycles. The number of carbonyl (C=O) groups excluding carboxylic acids is 1. The van der Waals surface area contributed by atoms with E-state index in [1.165, 1.54) is 12.8 Å². The second-order valence-electron chi connectivity index (χ2n) is 9.27. The van der Waals surface area contributed by atoms with Gasteiger partial charge in [0.25, 0.3) is 0 Å². The van der Waals surface area contributed by atoms with Crippen LogP contribution in [0.4, 0.5) is 11.4 Å². The first-order valence-electron chi connectivity index (χ1n) is 11.9. The summed E-state index contributed by atoms with van der Waals surface area (Å²) in [5, 5.41) is 4.32. The SMILES string of the molecule is COc1cc(OC)cc(N(CC2CC2)c2ccc3ncc(-c4cnn(CC(=O)N(C)C)c4)nc3c2)c1. The molecule has 9 heteroatoms. The largest absolute Gasteiger partial charge is 0.497 e. The Hall–Kier alpha value is -4.14. The number of aromatic nitrogens is 4. The molecule has 186 valence electrons. The van der Waals surface area contributed by atoms with Gasteiger partial charge in [0.05, 0.1) is 43.3 Å². The first kappa shape index (κ1) is 23.6. The van der Waals surface area contributed by atoms with Crippen LogP contribution in [-0.2, 0) is 11.3 Å². The van der Waals surface area contributed by atoms with Crippen LogP contribution in [0.3, 0.4) is 0 Å². The van der Waals surface area contributed by atoms with Gasteiger partial charge in [0.2, 0.25) is 5.91 Å². The van der Waals surface area contributed by atoms with E-state index in [1.54, 1.807) is 50.3 Å². The third-order valence-electron chi connectivity index (χ3n) is 6.35. The van der Waals surface area contributed by atoms with Gasteiger partial charge in [-0.1, -0.05) is 0 Å². The lowest BCUT2D eigenvalue weighted by atomic mass is 10.1. The van der Waals surface area contributed by atoms with Crippen molar-refractivity contribution in [3.05, 3.63) is 55.0 Å². The number of ether oxygens (including phenoxy) is 2. The quantitative estimate of drug-likeness (QED) is 0.351. The van der Waals surface area contributed by atoms with Crippen LogP contribution in [0.15, 0.2) is 55.0 Å². The minimum absolute atomic E-state index is 0.0242. The Morgan fingerprint density at radius 2 is 1.75 bits per heavy atom. The predicted octanol–water partition coefficient (Wildman–Crippen LogP) is 4.15. The highest BCUT2D eigenvalue weighted by atomic mass is 16.5. The van der Waals surface area contributed by atoms with Crippen molar-refractivity contribution in [2.24, 2.45) is 5.92 Å². The number of fused-ring (bicyclic) bond motifs is 1. The number of nitrogens with zero attached hydrogens (tertiary/aromatic N) is 6. The normalized spacial score (nSPS) is 13.0. The minimum atomic E-state index is -0.0242. The molecule has 1 saturated carbocycles. The summed E-state index contributed by atoms with van der Waals surface area (Å²) in [5.74, 6) is 2.13. The van der Waals surface area contributed by atoms with Crippen LogP contribution in [0.2, 0.25) is 0 Å². The lowest BCUT2D eigenvalue weighted by Gasteiger charge is -2.26. The molecular formula is C27H30N6O3. The van der Waals surface area contributed by atoms with E-state index in [4.69, 9.17) is 14.5 Å². The van der Waals surface area contributed by atoms with Crippen molar-refractivity contribution < 1.29 is 14.3 Å². The standard InChI is InChI=1S/C27H30N6O3/c1-31(2)27(34)17-32-16-19(13-29-32)26-14-28-24-8-7-20(11-25(24)30-26)33(15-18-5-6-18)21-9-22(35-3)12-23(10-21)36-4/h7-14,16,18H,5-6,15,17H2,1-4H3. The Labute approximate surface area is 210 Å². The van der Waals surface area contributed by atoms with E-state index in [-0.39, 0.29) is 12.5 Å². The van der Waals surface area contributed by atoms with Crippen molar-refractivity contribution in [3.63, 3.8) is 0 Å². The van der Waals surface area contributed by atoms with Gasteiger partial charge in [-0.2, -0.15) is 5.10 Å². The Bertz CT molecular complexity index is 1370. The number of likely N-dealkylation sites (N-methyl/N-ethyl adjacent to an activating group) is 1.